The smallest absolute Gasteiger partial charge is 0.309 e. The number of benzene rings is 6. The summed E-state index contributed by atoms with van der Waals surface area (Å²) < 4.78 is 37.5. The van der Waals surface area contributed by atoms with Gasteiger partial charge >= 0.3 is 15.2 Å². The summed E-state index contributed by atoms with van der Waals surface area (Å²) >= 11 is 24.2. The molecule has 2 aliphatic heterocycles. The molecule has 0 spiro atoms. The van der Waals surface area contributed by atoms with Crippen molar-refractivity contribution in [3.05, 3.63) is 199 Å². The number of halogens is 4. The Morgan fingerprint density at radius 2 is 0.613 bits per heavy atom. The fourth-order valence-corrected chi connectivity index (χ4v) is 13.4. The Labute approximate surface area is 386 Å². The van der Waals surface area contributed by atoms with Gasteiger partial charge < -0.3 is 10.2 Å². The Kier molecular flexibility index (Phi) is 16.0. The van der Waals surface area contributed by atoms with Gasteiger partial charge in [-0.05, 0) is 122 Å². The monoisotopic (exact) mass is 946 g/mol. The van der Waals surface area contributed by atoms with Crippen molar-refractivity contribution in [2.45, 2.75) is 52.9 Å². The Bertz CT molecular complexity index is 2170. The third-order valence-electron chi connectivity index (χ3n) is 11.0. The lowest BCUT2D eigenvalue weighted by Gasteiger charge is -2.43. The molecule has 2 N–H and O–H groups in total. The van der Waals surface area contributed by atoms with Crippen molar-refractivity contribution in [3.8, 4) is 0 Å². The lowest BCUT2D eigenvalue weighted by molar-refractivity contribution is 0.273. The van der Waals surface area contributed by atoms with Crippen LogP contribution in [0.15, 0.2) is 146 Å². The van der Waals surface area contributed by atoms with E-state index in [1.54, 1.807) is 0 Å². The Balaban J connectivity index is 0.000000186. The maximum atomic E-state index is 14.6. The molecule has 0 radical (unpaired) electrons. The summed E-state index contributed by atoms with van der Waals surface area (Å²) in [5.74, 6) is 0. The number of nitrogens with one attached hydrogen (secondary N) is 2. The highest BCUT2D eigenvalue weighted by Gasteiger charge is 2.42. The van der Waals surface area contributed by atoms with Crippen LogP contribution < -0.4 is 10.2 Å². The molecule has 0 unspecified atom stereocenters. The highest BCUT2D eigenvalue weighted by atomic mass is 35.5. The van der Waals surface area contributed by atoms with Crippen LogP contribution in [0.25, 0.3) is 0 Å². The second-order valence-electron chi connectivity index (χ2n) is 15.8. The summed E-state index contributed by atoms with van der Waals surface area (Å²) in [4.78, 5) is 0. The molecule has 0 aliphatic carbocycles. The van der Waals surface area contributed by atoms with E-state index in [0.29, 0.717) is 46.3 Å². The largest absolute Gasteiger partial charge is 0.313 e. The predicted octanol–water partition coefficient (Wildman–Crippen LogP) is 14.5. The minimum Gasteiger partial charge on any atom is -0.313 e. The van der Waals surface area contributed by atoms with Gasteiger partial charge in [-0.25, -0.2) is 18.7 Å². The summed E-state index contributed by atoms with van der Waals surface area (Å²) in [5.41, 5.74) is 8.41. The van der Waals surface area contributed by atoms with E-state index < -0.39 is 15.2 Å². The maximum Gasteiger partial charge on any atom is 0.309 e. The van der Waals surface area contributed by atoms with E-state index in [2.05, 4.69) is 28.9 Å². The zero-order chi connectivity index (χ0) is 43.7. The number of rotatable bonds is 12. The molecule has 14 heteroatoms. The SMILES string of the molecule is Cc1ccc(NP2(=O)N(Cc3ccc(Cl)cc3)CCCN2Cc2ccc(Cl)cc2)cc1.Cc1ccc(NP2(=O)N(Cc3ccc(Cl)cc3)CCCN2Cc2ccc(Cl)cc2)cc1. The highest BCUT2D eigenvalue weighted by Crippen LogP contribution is 2.57. The molecule has 0 bridgehead atoms. The molecule has 2 aliphatic rings. The van der Waals surface area contributed by atoms with E-state index >= 15 is 0 Å². The van der Waals surface area contributed by atoms with Crippen LogP contribution in [-0.2, 0) is 35.3 Å². The molecule has 0 aromatic heterocycles. The fourth-order valence-electron chi connectivity index (χ4n) is 7.55. The van der Waals surface area contributed by atoms with E-state index in [0.717, 1.165) is 72.6 Å². The molecule has 6 aromatic rings. The molecule has 2 saturated heterocycles. The molecule has 62 heavy (non-hydrogen) atoms. The van der Waals surface area contributed by atoms with Crippen molar-refractivity contribution in [3.63, 3.8) is 0 Å². The van der Waals surface area contributed by atoms with Gasteiger partial charge in [0.15, 0.2) is 0 Å². The molecule has 8 rings (SSSR count). The fraction of sp³-hybridized carbons (Fsp3) is 0.250. The van der Waals surface area contributed by atoms with Crippen LogP contribution in [0.1, 0.15) is 46.2 Å². The van der Waals surface area contributed by atoms with Gasteiger partial charge in [0, 0.05) is 83.8 Å². The topological polar surface area (TPSA) is 71.2 Å². The first-order valence-corrected chi connectivity index (χ1v) is 25.5. The third-order valence-corrected chi connectivity index (χ3v) is 17.5. The Morgan fingerprint density at radius 1 is 0.387 bits per heavy atom. The lowest BCUT2D eigenvalue weighted by atomic mass is 10.2. The van der Waals surface area contributed by atoms with Crippen LogP contribution in [0, 0.1) is 13.8 Å². The van der Waals surface area contributed by atoms with Crippen LogP contribution >= 0.6 is 61.6 Å². The van der Waals surface area contributed by atoms with Crippen LogP contribution in [0.4, 0.5) is 11.4 Å². The van der Waals surface area contributed by atoms with Crippen molar-refractivity contribution in [1.29, 1.82) is 0 Å². The summed E-state index contributed by atoms with van der Waals surface area (Å²) in [6.07, 6.45) is 1.89. The van der Waals surface area contributed by atoms with Crippen LogP contribution in [-0.4, -0.2) is 44.9 Å². The molecular weight excluding hydrogens is 896 g/mol. The van der Waals surface area contributed by atoms with Gasteiger partial charge in [-0.3, -0.25) is 9.13 Å². The quantitative estimate of drug-likeness (QED) is 0.118. The minimum atomic E-state index is -3.07. The number of hydrogen-bond acceptors (Lipinski definition) is 2. The van der Waals surface area contributed by atoms with Gasteiger partial charge in [-0.1, -0.05) is 130 Å². The highest BCUT2D eigenvalue weighted by molar-refractivity contribution is 7.61. The van der Waals surface area contributed by atoms with Gasteiger partial charge in [0.2, 0.25) is 0 Å². The van der Waals surface area contributed by atoms with E-state index in [4.69, 9.17) is 46.4 Å². The summed E-state index contributed by atoms with van der Waals surface area (Å²) in [7, 11) is -6.15. The Hall–Kier alpha value is -3.62. The second kappa shape index (κ2) is 21.4. The third kappa shape index (κ3) is 12.3. The van der Waals surface area contributed by atoms with Gasteiger partial charge in [-0.2, -0.15) is 0 Å². The number of nitrogens with zero attached hydrogens (tertiary/aromatic N) is 4. The molecule has 8 nitrogen and oxygen atoms in total. The average Bonchev–Trinajstić information content (AvgIpc) is 3.26. The molecule has 6 aromatic carbocycles. The van der Waals surface area contributed by atoms with E-state index in [-0.39, 0.29) is 0 Å². The Morgan fingerprint density at radius 3 is 0.839 bits per heavy atom. The van der Waals surface area contributed by atoms with Crippen molar-refractivity contribution < 1.29 is 9.13 Å². The van der Waals surface area contributed by atoms with Crippen LogP contribution in [0.3, 0.4) is 0 Å². The number of hydrogen-bond donors (Lipinski definition) is 2. The zero-order valence-electron chi connectivity index (χ0n) is 34.9. The van der Waals surface area contributed by atoms with Gasteiger partial charge in [-0.15, -0.1) is 0 Å². The minimum absolute atomic E-state index is 0.588. The van der Waals surface area contributed by atoms with Crippen molar-refractivity contribution in [2.24, 2.45) is 0 Å². The van der Waals surface area contributed by atoms with Crippen molar-refractivity contribution >= 4 is 73.0 Å². The molecule has 0 saturated carbocycles. The average molecular weight is 949 g/mol. The number of anilines is 2. The first kappa shape index (κ1) is 46.4. The first-order valence-electron chi connectivity index (χ1n) is 20.7. The van der Waals surface area contributed by atoms with Crippen LogP contribution in [0.2, 0.25) is 20.1 Å². The molecular formula is C48H52Cl4N6O2P2. The lowest BCUT2D eigenvalue weighted by Crippen LogP contribution is -2.41. The maximum absolute atomic E-state index is 14.6. The standard InChI is InChI=1S/2C24H26Cl2N3OP/c2*1-19-3-13-24(14-4-19)27-31(30)28(17-20-5-9-22(25)10-6-20)15-2-16-29(31)18-21-7-11-23(26)12-8-21/h2*3-14H,2,15-18H2,1H3,(H,27,30). The number of aryl methyl sites for hydroxylation is 2. The summed E-state index contributed by atoms with van der Waals surface area (Å²) in [6, 6.07) is 47.1. The second-order valence-corrected chi connectivity index (χ2v) is 22.4. The van der Waals surface area contributed by atoms with Crippen molar-refractivity contribution in [1.82, 2.24) is 18.7 Å². The summed E-state index contributed by atoms with van der Waals surface area (Å²) in [5, 5.41) is 9.61. The van der Waals surface area contributed by atoms with E-state index in [1.165, 1.54) is 11.1 Å². The van der Waals surface area contributed by atoms with Crippen molar-refractivity contribution in [2.75, 3.05) is 36.4 Å². The van der Waals surface area contributed by atoms with E-state index in [9.17, 15) is 9.13 Å². The molecule has 324 valence electrons. The van der Waals surface area contributed by atoms with Gasteiger partial charge in [0.05, 0.1) is 0 Å². The zero-order valence-corrected chi connectivity index (χ0v) is 39.8. The molecule has 2 heterocycles. The molecule has 2 fully saturated rings. The van der Waals surface area contributed by atoms with Gasteiger partial charge in [0.1, 0.15) is 0 Å². The molecule has 0 amide bonds. The first-order chi connectivity index (χ1) is 29.8. The predicted molar refractivity (Wildman–Crippen MR) is 261 cm³/mol. The van der Waals surface area contributed by atoms with Gasteiger partial charge in [0.25, 0.3) is 0 Å². The van der Waals surface area contributed by atoms with E-state index in [1.807, 2.05) is 159 Å². The summed E-state index contributed by atoms with van der Waals surface area (Å²) in [6.45, 7) is 9.49. The normalized spacial score (nSPS) is 16.9. The molecule has 0 atom stereocenters. The van der Waals surface area contributed by atoms with Crippen LogP contribution in [0.5, 0.6) is 0 Å².